The van der Waals surface area contributed by atoms with Crippen molar-refractivity contribution in [2.45, 2.75) is 6.92 Å². The van der Waals surface area contributed by atoms with Gasteiger partial charge in [-0.15, -0.1) is 0 Å². The van der Waals surface area contributed by atoms with E-state index in [0.717, 1.165) is 5.56 Å². The first-order valence-corrected chi connectivity index (χ1v) is 6.32. The fraction of sp³-hybridized carbons (Fsp3) is 0.214. The van der Waals surface area contributed by atoms with Crippen LogP contribution in [-0.2, 0) is 0 Å². The van der Waals surface area contributed by atoms with Crippen LogP contribution in [-0.4, -0.2) is 28.2 Å². The SMILES string of the molecule is Cc1cc(Nc2ncccc2[N+](=O)[O-])ccc1OCCO. The Morgan fingerprint density at radius 3 is 2.90 bits per heavy atom. The summed E-state index contributed by atoms with van der Waals surface area (Å²) in [4.78, 5) is 14.4. The second-order valence-electron chi connectivity index (χ2n) is 4.31. The van der Waals surface area contributed by atoms with Crippen LogP contribution in [0.3, 0.4) is 0 Å². The third-order valence-corrected chi connectivity index (χ3v) is 2.77. The number of hydrogen-bond donors (Lipinski definition) is 2. The first-order chi connectivity index (χ1) is 10.1. The number of aryl methyl sites for hydroxylation is 1. The van der Waals surface area contributed by atoms with E-state index in [2.05, 4.69) is 10.3 Å². The molecular weight excluding hydrogens is 274 g/mol. The monoisotopic (exact) mass is 289 g/mol. The Kier molecular flexibility index (Phi) is 4.68. The Balaban J connectivity index is 2.21. The highest BCUT2D eigenvalue weighted by Crippen LogP contribution is 2.27. The number of benzene rings is 1. The summed E-state index contributed by atoms with van der Waals surface area (Å²) in [5, 5.41) is 22.6. The number of ether oxygens (including phenoxy) is 1. The number of rotatable bonds is 6. The highest BCUT2D eigenvalue weighted by atomic mass is 16.6. The lowest BCUT2D eigenvalue weighted by Crippen LogP contribution is -2.03. The highest BCUT2D eigenvalue weighted by molar-refractivity contribution is 5.66. The van der Waals surface area contributed by atoms with Gasteiger partial charge in [0.15, 0.2) is 0 Å². The predicted molar refractivity (Wildman–Crippen MR) is 77.9 cm³/mol. The van der Waals surface area contributed by atoms with E-state index < -0.39 is 4.92 Å². The van der Waals surface area contributed by atoms with Crippen molar-refractivity contribution < 1.29 is 14.8 Å². The zero-order valence-corrected chi connectivity index (χ0v) is 11.4. The summed E-state index contributed by atoms with van der Waals surface area (Å²) < 4.78 is 5.35. The number of anilines is 2. The Hall–Kier alpha value is -2.67. The van der Waals surface area contributed by atoms with E-state index in [4.69, 9.17) is 9.84 Å². The normalized spacial score (nSPS) is 10.2. The van der Waals surface area contributed by atoms with E-state index in [1.807, 2.05) is 6.92 Å². The summed E-state index contributed by atoms with van der Waals surface area (Å²) in [5.41, 5.74) is 1.44. The van der Waals surface area contributed by atoms with Crippen molar-refractivity contribution in [2.75, 3.05) is 18.5 Å². The molecule has 0 atom stereocenters. The van der Waals surface area contributed by atoms with Crippen molar-refractivity contribution in [3.63, 3.8) is 0 Å². The van der Waals surface area contributed by atoms with Crippen LogP contribution in [0.25, 0.3) is 0 Å². The molecule has 0 spiro atoms. The maximum absolute atomic E-state index is 10.9. The number of aliphatic hydroxyl groups excluding tert-OH is 1. The molecule has 21 heavy (non-hydrogen) atoms. The minimum Gasteiger partial charge on any atom is -0.491 e. The molecule has 1 heterocycles. The standard InChI is InChI=1S/C14H15N3O4/c1-10-9-11(4-5-13(10)21-8-7-18)16-14-12(17(19)20)3-2-6-15-14/h2-6,9,18H,7-8H2,1H3,(H,15,16). The van der Waals surface area contributed by atoms with E-state index >= 15 is 0 Å². The topological polar surface area (TPSA) is 97.5 Å². The third-order valence-electron chi connectivity index (χ3n) is 2.77. The van der Waals surface area contributed by atoms with Crippen molar-refractivity contribution >= 4 is 17.2 Å². The summed E-state index contributed by atoms with van der Waals surface area (Å²) >= 11 is 0. The number of nitrogens with one attached hydrogen (secondary N) is 1. The minimum absolute atomic E-state index is 0.0560. The van der Waals surface area contributed by atoms with Gasteiger partial charge < -0.3 is 15.2 Å². The summed E-state index contributed by atoms with van der Waals surface area (Å²) in [7, 11) is 0. The second-order valence-corrected chi connectivity index (χ2v) is 4.31. The molecule has 0 amide bonds. The summed E-state index contributed by atoms with van der Waals surface area (Å²) in [6, 6.07) is 8.17. The van der Waals surface area contributed by atoms with Crippen LogP contribution in [0.15, 0.2) is 36.5 Å². The molecule has 0 saturated carbocycles. The predicted octanol–water partition coefficient (Wildman–Crippen LogP) is 2.41. The van der Waals surface area contributed by atoms with Gasteiger partial charge in [-0.3, -0.25) is 10.1 Å². The van der Waals surface area contributed by atoms with Crippen LogP contribution >= 0.6 is 0 Å². The van der Waals surface area contributed by atoms with Gasteiger partial charge in [0.05, 0.1) is 11.5 Å². The van der Waals surface area contributed by atoms with Crippen LogP contribution in [0, 0.1) is 17.0 Å². The highest BCUT2D eigenvalue weighted by Gasteiger charge is 2.14. The van der Waals surface area contributed by atoms with Gasteiger partial charge in [-0.25, -0.2) is 4.98 Å². The number of hydrogen-bond acceptors (Lipinski definition) is 6. The first-order valence-electron chi connectivity index (χ1n) is 6.32. The number of aromatic nitrogens is 1. The van der Waals surface area contributed by atoms with Crippen LogP contribution in [0.4, 0.5) is 17.2 Å². The quantitative estimate of drug-likeness (QED) is 0.626. The number of nitro groups is 1. The maximum atomic E-state index is 10.9. The van der Waals surface area contributed by atoms with Crippen molar-refractivity contribution in [2.24, 2.45) is 0 Å². The van der Waals surface area contributed by atoms with E-state index in [9.17, 15) is 10.1 Å². The molecule has 0 fully saturated rings. The van der Waals surface area contributed by atoms with Gasteiger partial charge in [0.2, 0.25) is 5.82 Å². The molecule has 0 bridgehead atoms. The molecular formula is C14H15N3O4. The average Bonchev–Trinajstić information content (AvgIpc) is 2.47. The summed E-state index contributed by atoms with van der Waals surface area (Å²) in [6.45, 7) is 2.02. The summed E-state index contributed by atoms with van der Waals surface area (Å²) in [6.07, 6.45) is 1.49. The van der Waals surface area contributed by atoms with Crippen molar-refractivity contribution in [3.05, 3.63) is 52.2 Å². The van der Waals surface area contributed by atoms with Crippen LogP contribution in [0.2, 0.25) is 0 Å². The average molecular weight is 289 g/mol. The van der Waals surface area contributed by atoms with Crippen molar-refractivity contribution in [1.29, 1.82) is 0 Å². The van der Waals surface area contributed by atoms with Crippen LogP contribution in [0.5, 0.6) is 5.75 Å². The van der Waals surface area contributed by atoms with Gasteiger partial charge in [0.25, 0.3) is 0 Å². The largest absolute Gasteiger partial charge is 0.491 e. The minimum atomic E-state index is -0.485. The molecule has 1 aromatic carbocycles. The maximum Gasteiger partial charge on any atom is 0.311 e. The second kappa shape index (κ2) is 6.67. The van der Waals surface area contributed by atoms with Crippen molar-refractivity contribution in [1.82, 2.24) is 4.98 Å². The van der Waals surface area contributed by atoms with Crippen LogP contribution < -0.4 is 10.1 Å². The van der Waals surface area contributed by atoms with Gasteiger partial charge in [0.1, 0.15) is 12.4 Å². The lowest BCUT2D eigenvalue weighted by molar-refractivity contribution is -0.384. The van der Waals surface area contributed by atoms with Crippen molar-refractivity contribution in [3.8, 4) is 5.75 Å². The Morgan fingerprint density at radius 1 is 1.43 bits per heavy atom. The van der Waals surface area contributed by atoms with Gasteiger partial charge in [-0.05, 0) is 36.8 Å². The number of pyridine rings is 1. The molecule has 7 nitrogen and oxygen atoms in total. The molecule has 0 aliphatic heterocycles. The van der Waals surface area contributed by atoms with Gasteiger partial charge in [0, 0.05) is 18.0 Å². The molecule has 0 aliphatic carbocycles. The zero-order chi connectivity index (χ0) is 15.2. The Bertz CT molecular complexity index is 646. The molecule has 0 aliphatic rings. The fourth-order valence-electron chi connectivity index (χ4n) is 1.82. The van der Waals surface area contributed by atoms with E-state index in [1.165, 1.54) is 18.3 Å². The third kappa shape index (κ3) is 3.67. The first kappa shape index (κ1) is 14.7. The molecule has 0 unspecified atom stereocenters. The van der Waals surface area contributed by atoms with E-state index in [0.29, 0.717) is 11.4 Å². The Morgan fingerprint density at radius 2 is 2.24 bits per heavy atom. The van der Waals surface area contributed by atoms with Gasteiger partial charge in [-0.2, -0.15) is 0 Å². The number of aliphatic hydroxyl groups is 1. The molecule has 2 N–H and O–H groups in total. The van der Waals surface area contributed by atoms with Gasteiger partial charge >= 0.3 is 5.69 Å². The zero-order valence-electron chi connectivity index (χ0n) is 11.4. The van der Waals surface area contributed by atoms with E-state index in [1.54, 1.807) is 18.2 Å². The Labute approximate surface area is 121 Å². The molecule has 7 heteroatoms. The molecule has 0 radical (unpaired) electrons. The summed E-state index contributed by atoms with van der Waals surface area (Å²) in [5.74, 6) is 0.844. The molecule has 1 aromatic heterocycles. The fourth-order valence-corrected chi connectivity index (χ4v) is 1.82. The molecule has 2 aromatic rings. The molecule has 110 valence electrons. The lowest BCUT2D eigenvalue weighted by Gasteiger charge is -2.11. The molecule has 2 rings (SSSR count). The van der Waals surface area contributed by atoms with E-state index in [-0.39, 0.29) is 24.7 Å². The number of nitrogens with zero attached hydrogens (tertiary/aromatic N) is 2. The molecule has 0 saturated heterocycles. The lowest BCUT2D eigenvalue weighted by atomic mass is 10.2. The van der Waals surface area contributed by atoms with Crippen LogP contribution in [0.1, 0.15) is 5.56 Å². The smallest absolute Gasteiger partial charge is 0.311 e. The van der Waals surface area contributed by atoms with Gasteiger partial charge in [-0.1, -0.05) is 0 Å².